The fraction of sp³-hybridized carbons (Fsp3) is 0.0909. The van der Waals surface area contributed by atoms with Gasteiger partial charge >= 0.3 is 0 Å². The smallest absolute Gasteiger partial charge is 0.255 e. The molecule has 1 N–H and O–H groups in total. The number of anilines is 1. The molecule has 0 saturated heterocycles. The number of hydrogen-bond donors (Lipinski definition) is 1. The number of nitrogens with one attached hydrogen (secondary N) is 1. The third kappa shape index (κ3) is 3.68. The van der Waals surface area contributed by atoms with Crippen LogP contribution in [0, 0.1) is 6.92 Å². The number of carbonyl (C=O) groups is 1. The van der Waals surface area contributed by atoms with Crippen LogP contribution in [-0.2, 0) is 0 Å². The highest BCUT2D eigenvalue weighted by Crippen LogP contribution is 2.31. The lowest BCUT2D eigenvalue weighted by molar-refractivity contribution is 0.102. The quantitative estimate of drug-likeness (QED) is 0.511. The third-order valence-corrected chi connectivity index (χ3v) is 5.35. The molecule has 134 valence electrons. The first-order chi connectivity index (χ1) is 13.1. The fourth-order valence-electron chi connectivity index (χ4n) is 2.80. The number of aromatic nitrogens is 1. The van der Waals surface area contributed by atoms with Gasteiger partial charge in [-0.25, -0.2) is 4.98 Å². The number of benzene rings is 3. The molecule has 0 bridgehead atoms. The van der Waals surface area contributed by atoms with Crippen LogP contribution in [0.1, 0.15) is 15.9 Å². The van der Waals surface area contributed by atoms with E-state index in [1.54, 1.807) is 42.7 Å². The first kappa shape index (κ1) is 17.2. The van der Waals surface area contributed by atoms with Crippen molar-refractivity contribution >= 4 is 33.1 Å². The molecule has 1 heterocycles. The average molecular weight is 374 g/mol. The predicted molar refractivity (Wildman–Crippen MR) is 111 cm³/mol. The summed E-state index contributed by atoms with van der Waals surface area (Å²) in [5.41, 5.74) is 4.61. The Kier molecular flexibility index (Phi) is 4.60. The predicted octanol–water partition coefficient (Wildman–Crippen LogP) is 5.53. The van der Waals surface area contributed by atoms with Crippen LogP contribution in [0.3, 0.4) is 0 Å². The van der Waals surface area contributed by atoms with Crippen LogP contribution < -0.4 is 10.1 Å². The third-order valence-electron chi connectivity index (χ3n) is 4.29. The SMILES string of the molecule is COc1ccc(C(=O)Nc2ccc(-c3nc4ccc(C)cc4s3)cc2)cc1. The number of hydrogen-bond acceptors (Lipinski definition) is 4. The van der Waals surface area contributed by atoms with Crippen molar-refractivity contribution in [2.24, 2.45) is 0 Å². The van der Waals surface area contributed by atoms with E-state index in [1.807, 2.05) is 30.3 Å². The standard InChI is InChI=1S/C22H18N2O2S/c1-14-3-12-19-20(13-14)27-22(24-19)16-4-8-17(9-5-16)23-21(25)15-6-10-18(26-2)11-7-15/h3-13H,1-2H3,(H,23,25). The minimum Gasteiger partial charge on any atom is -0.497 e. The highest BCUT2D eigenvalue weighted by atomic mass is 32.1. The van der Waals surface area contributed by atoms with Gasteiger partial charge in [0.2, 0.25) is 0 Å². The van der Waals surface area contributed by atoms with Gasteiger partial charge in [0.1, 0.15) is 10.8 Å². The Morgan fingerprint density at radius 1 is 1.00 bits per heavy atom. The number of rotatable bonds is 4. The molecule has 1 amide bonds. The molecule has 4 nitrogen and oxygen atoms in total. The maximum Gasteiger partial charge on any atom is 0.255 e. The highest BCUT2D eigenvalue weighted by molar-refractivity contribution is 7.21. The molecule has 0 saturated carbocycles. The van der Waals surface area contributed by atoms with Crippen LogP contribution >= 0.6 is 11.3 Å². The van der Waals surface area contributed by atoms with Crippen molar-refractivity contribution < 1.29 is 9.53 Å². The molecule has 0 spiro atoms. The van der Waals surface area contributed by atoms with Crippen molar-refractivity contribution in [1.82, 2.24) is 4.98 Å². The number of thiazole rings is 1. The number of methoxy groups -OCH3 is 1. The first-order valence-corrected chi connectivity index (χ1v) is 9.37. The second-order valence-corrected chi connectivity index (χ2v) is 7.28. The molecule has 0 radical (unpaired) electrons. The molecule has 4 aromatic rings. The van der Waals surface area contributed by atoms with E-state index >= 15 is 0 Å². The van der Waals surface area contributed by atoms with Gasteiger partial charge in [-0.2, -0.15) is 0 Å². The van der Waals surface area contributed by atoms with Crippen molar-refractivity contribution in [2.45, 2.75) is 6.92 Å². The van der Waals surface area contributed by atoms with E-state index in [0.29, 0.717) is 5.56 Å². The number of ether oxygens (including phenoxy) is 1. The topological polar surface area (TPSA) is 51.2 Å². The van der Waals surface area contributed by atoms with Gasteiger partial charge in [-0.05, 0) is 73.2 Å². The van der Waals surface area contributed by atoms with E-state index in [9.17, 15) is 4.79 Å². The van der Waals surface area contributed by atoms with E-state index in [0.717, 1.165) is 27.5 Å². The Balaban J connectivity index is 1.51. The van der Waals surface area contributed by atoms with Crippen LogP contribution in [0.5, 0.6) is 5.75 Å². The Labute approximate surface area is 161 Å². The van der Waals surface area contributed by atoms with Crippen molar-refractivity contribution in [3.8, 4) is 16.3 Å². The zero-order valence-electron chi connectivity index (χ0n) is 15.0. The van der Waals surface area contributed by atoms with Crippen LogP contribution in [0.25, 0.3) is 20.8 Å². The molecule has 3 aromatic carbocycles. The monoisotopic (exact) mass is 374 g/mol. The molecule has 1 aromatic heterocycles. The summed E-state index contributed by atoms with van der Waals surface area (Å²) in [6.45, 7) is 2.08. The number of nitrogens with zero attached hydrogens (tertiary/aromatic N) is 1. The summed E-state index contributed by atoms with van der Waals surface area (Å²) >= 11 is 1.67. The number of amides is 1. The summed E-state index contributed by atoms with van der Waals surface area (Å²) in [6.07, 6.45) is 0. The lowest BCUT2D eigenvalue weighted by atomic mass is 10.2. The Morgan fingerprint density at radius 3 is 2.44 bits per heavy atom. The van der Waals surface area contributed by atoms with Crippen molar-refractivity contribution in [1.29, 1.82) is 0 Å². The van der Waals surface area contributed by atoms with Gasteiger partial charge in [-0.1, -0.05) is 6.07 Å². The van der Waals surface area contributed by atoms with Crippen molar-refractivity contribution in [3.05, 3.63) is 77.9 Å². The Hall–Kier alpha value is -3.18. The van der Waals surface area contributed by atoms with Gasteiger partial charge in [-0.3, -0.25) is 4.79 Å². The van der Waals surface area contributed by atoms with Gasteiger partial charge in [-0.15, -0.1) is 11.3 Å². The molecule has 5 heteroatoms. The summed E-state index contributed by atoms with van der Waals surface area (Å²) < 4.78 is 6.30. The van der Waals surface area contributed by atoms with Crippen LogP contribution in [-0.4, -0.2) is 18.0 Å². The first-order valence-electron chi connectivity index (χ1n) is 8.55. The molecule has 0 aliphatic carbocycles. The summed E-state index contributed by atoms with van der Waals surface area (Å²) in [4.78, 5) is 17.1. The van der Waals surface area contributed by atoms with Crippen molar-refractivity contribution in [2.75, 3.05) is 12.4 Å². The minimum absolute atomic E-state index is 0.152. The maximum atomic E-state index is 12.4. The molecule has 4 rings (SSSR count). The molecule has 0 atom stereocenters. The van der Waals surface area contributed by atoms with Crippen LogP contribution in [0.4, 0.5) is 5.69 Å². The second kappa shape index (κ2) is 7.21. The summed E-state index contributed by atoms with van der Waals surface area (Å²) in [7, 11) is 1.60. The molecule has 0 fully saturated rings. The summed E-state index contributed by atoms with van der Waals surface area (Å²) in [6, 6.07) is 21.1. The minimum atomic E-state index is -0.152. The molecular weight excluding hydrogens is 356 g/mol. The van der Waals surface area contributed by atoms with Crippen LogP contribution in [0.15, 0.2) is 66.7 Å². The Morgan fingerprint density at radius 2 is 1.74 bits per heavy atom. The summed E-state index contributed by atoms with van der Waals surface area (Å²) in [5.74, 6) is 0.572. The highest BCUT2D eigenvalue weighted by Gasteiger charge is 2.09. The van der Waals surface area contributed by atoms with Gasteiger partial charge in [0, 0.05) is 16.8 Å². The average Bonchev–Trinajstić information content (AvgIpc) is 3.11. The van der Waals surface area contributed by atoms with Gasteiger partial charge in [0.15, 0.2) is 0 Å². The summed E-state index contributed by atoms with van der Waals surface area (Å²) in [5, 5.41) is 3.89. The van der Waals surface area contributed by atoms with E-state index < -0.39 is 0 Å². The van der Waals surface area contributed by atoms with Crippen LogP contribution in [0.2, 0.25) is 0 Å². The molecule has 27 heavy (non-hydrogen) atoms. The molecule has 0 unspecified atom stereocenters. The van der Waals surface area contributed by atoms with Gasteiger partial charge < -0.3 is 10.1 Å². The molecule has 0 aliphatic heterocycles. The fourth-order valence-corrected chi connectivity index (χ4v) is 3.87. The normalized spacial score (nSPS) is 10.7. The lowest BCUT2D eigenvalue weighted by Gasteiger charge is -2.06. The van der Waals surface area contributed by atoms with E-state index in [2.05, 4.69) is 24.4 Å². The van der Waals surface area contributed by atoms with E-state index in [1.165, 1.54) is 10.3 Å². The zero-order valence-corrected chi connectivity index (χ0v) is 15.8. The van der Waals surface area contributed by atoms with E-state index in [4.69, 9.17) is 9.72 Å². The number of aryl methyl sites for hydroxylation is 1. The number of fused-ring (bicyclic) bond motifs is 1. The van der Waals surface area contributed by atoms with E-state index in [-0.39, 0.29) is 5.91 Å². The van der Waals surface area contributed by atoms with Crippen molar-refractivity contribution in [3.63, 3.8) is 0 Å². The zero-order chi connectivity index (χ0) is 18.8. The number of carbonyl (C=O) groups excluding carboxylic acids is 1. The lowest BCUT2D eigenvalue weighted by Crippen LogP contribution is -2.11. The van der Waals surface area contributed by atoms with Gasteiger partial charge in [0.25, 0.3) is 5.91 Å². The second-order valence-electron chi connectivity index (χ2n) is 6.25. The Bertz CT molecular complexity index is 1100. The maximum absolute atomic E-state index is 12.4. The molecule has 0 aliphatic rings. The molecular formula is C22H18N2O2S. The largest absolute Gasteiger partial charge is 0.497 e. The van der Waals surface area contributed by atoms with Gasteiger partial charge in [0.05, 0.1) is 17.3 Å².